The van der Waals surface area contributed by atoms with E-state index in [4.69, 9.17) is 4.74 Å². The Kier molecular flexibility index (Phi) is 4.57. The number of rotatable bonds is 4. The van der Waals surface area contributed by atoms with Crippen molar-refractivity contribution in [2.45, 2.75) is 25.3 Å². The van der Waals surface area contributed by atoms with E-state index in [2.05, 4.69) is 27.9 Å². The van der Waals surface area contributed by atoms with E-state index in [0.717, 1.165) is 16.4 Å². The number of ketones is 1. The normalized spacial score (nSPS) is 18.7. The molecule has 1 aliphatic carbocycles. The number of nitrogens with one attached hydrogen (secondary N) is 1. The molecule has 0 unspecified atom stereocenters. The zero-order valence-corrected chi connectivity index (χ0v) is 12.0. The van der Waals surface area contributed by atoms with Crippen LogP contribution in [0.5, 0.6) is 5.75 Å². The molecule has 4 nitrogen and oxygen atoms in total. The fourth-order valence-corrected chi connectivity index (χ4v) is 2.24. The van der Waals surface area contributed by atoms with Crippen LogP contribution in [0.3, 0.4) is 0 Å². The van der Waals surface area contributed by atoms with E-state index < -0.39 is 0 Å². The Morgan fingerprint density at radius 3 is 2.72 bits per heavy atom. The summed E-state index contributed by atoms with van der Waals surface area (Å²) in [6, 6.07) is 7.14. The van der Waals surface area contributed by atoms with E-state index in [1.54, 1.807) is 0 Å². The second-order valence-electron chi connectivity index (χ2n) is 4.22. The third-order valence-corrected chi connectivity index (χ3v) is 3.54. The molecule has 1 aliphatic rings. The van der Waals surface area contributed by atoms with Gasteiger partial charge in [-0.1, -0.05) is 0 Å². The molecule has 1 saturated carbocycles. The minimum Gasteiger partial charge on any atom is -0.484 e. The van der Waals surface area contributed by atoms with E-state index in [1.807, 2.05) is 24.3 Å². The lowest BCUT2D eigenvalue weighted by Gasteiger charge is -2.11. The summed E-state index contributed by atoms with van der Waals surface area (Å²) in [4.78, 5) is 23.0. The van der Waals surface area contributed by atoms with Crippen LogP contribution in [0.15, 0.2) is 24.3 Å². The quantitative estimate of drug-likeness (QED) is 0.836. The van der Waals surface area contributed by atoms with Crippen molar-refractivity contribution in [3.63, 3.8) is 0 Å². The van der Waals surface area contributed by atoms with Crippen LogP contribution in [0.25, 0.3) is 0 Å². The lowest BCUT2D eigenvalue weighted by molar-refractivity contribution is -0.127. The van der Waals surface area contributed by atoms with Crippen molar-refractivity contribution in [1.29, 1.82) is 0 Å². The number of halogens is 1. The third kappa shape index (κ3) is 3.69. The van der Waals surface area contributed by atoms with E-state index in [-0.39, 0.29) is 24.3 Å². The lowest BCUT2D eigenvalue weighted by Crippen LogP contribution is -2.40. The Labute approximate surface area is 119 Å². The van der Waals surface area contributed by atoms with Gasteiger partial charge in [0.05, 0.1) is 6.04 Å². The lowest BCUT2D eigenvalue weighted by atomic mass is 10.2. The maximum atomic E-state index is 11.6. The van der Waals surface area contributed by atoms with E-state index in [0.29, 0.717) is 12.2 Å². The second kappa shape index (κ2) is 6.17. The molecule has 1 aromatic carbocycles. The summed E-state index contributed by atoms with van der Waals surface area (Å²) in [5, 5.41) is 2.70. The monoisotopic (exact) mass is 359 g/mol. The SMILES string of the molecule is O=C(COc1ccc(I)cc1)N[C@@H]1CCCC1=O. The van der Waals surface area contributed by atoms with E-state index >= 15 is 0 Å². The molecular formula is C13H14INO3. The van der Waals surface area contributed by atoms with Crippen LogP contribution in [-0.4, -0.2) is 24.3 Å². The summed E-state index contributed by atoms with van der Waals surface area (Å²) < 4.78 is 6.45. The standard InChI is InChI=1S/C13H14INO3/c14-9-4-6-10(7-5-9)18-8-13(17)15-11-2-1-3-12(11)16/h4-7,11H,1-3,8H2,(H,15,17)/t11-/m1/s1. The zero-order valence-electron chi connectivity index (χ0n) is 9.82. The highest BCUT2D eigenvalue weighted by Crippen LogP contribution is 2.15. The van der Waals surface area contributed by atoms with Crippen molar-refractivity contribution in [3.05, 3.63) is 27.8 Å². The highest BCUT2D eigenvalue weighted by Gasteiger charge is 2.25. The Morgan fingerprint density at radius 1 is 1.39 bits per heavy atom. The fraction of sp³-hybridized carbons (Fsp3) is 0.385. The average molecular weight is 359 g/mol. The third-order valence-electron chi connectivity index (χ3n) is 2.82. The van der Waals surface area contributed by atoms with Gasteiger partial charge in [0.15, 0.2) is 12.4 Å². The van der Waals surface area contributed by atoms with Gasteiger partial charge in [0.2, 0.25) is 0 Å². The average Bonchev–Trinajstić information content (AvgIpc) is 2.74. The molecule has 2 rings (SSSR count). The van der Waals surface area contributed by atoms with Gasteiger partial charge in [-0.15, -0.1) is 0 Å². The maximum Gasteiger partial charge on any atom is 0.258 e. The summed E-state index contributed by atoms with van der Waals surface area (Å²) >= 11 is 2.20. The topological polar surface area (TPSA) is 55.4 Å². The van der Waals surface area contributed by atoms with Gasteiger partial charge >= 0.3 is 0 Å². The number of ether oxygens (including phenoxy) is 1. The first kappa shape index (κ1) is 13.3. The van der Waals surface area contributed by atoms with Crippen LogP contribution < -0.4 is 10.1 Å². The fourth-order valence-electron chi connectivity index (χ4n) is 1.88. The summed E-state index contributed by atoms with van der Waals surface area (Å²) in [6.45, 7) is -0.0512. The zero-order chi connectivity index (χ0) is 13.0. The highest BCUT2D eigenvalue weighted by atomic mass is 127. The summed E-state index contributed by atoms with van der Waals surface area (Å²) in [7, 11) is 0. The number of benzene rings is 1. The Balaban J connectivity index is 1.78. The minimum absolute atomic E-state index is 0.0512. The smallest absolute Gasteiger partial charge is 0.258 e. The first-order chi connectivity index (χ1) is 8.65. The van der Waals surface area contributed by atoms with Crippen LogP contribution in [0.1, 0.15) is 19.3 Å². The predicted octanol–water partition coefficient (Wildman–Crippen LogP) is 1.91. The molecule has 1 N–H and O–H groups in total. The Morgan fingerprint density at radius 2 is 2.11 bits per heavy atom. The summed E-state index contributed by atoms with van der Waals surface area (Å²) in [5.41, 5.74) is 0. The van der Waals surface area contributed by atoms with Gasteiger partial charge in [0, 0.05) is 9.99 Å². The van der Waals surface area contributed by atoms with E-state index in [1.165, 1.54) is 0 Å². The molecule has 18 heavy (non-hydrogen) atoms. The van der Waals surface area contributed by atoms with Crippen molar-refractivity contribution in [2.75, 3.05) is 6.61 Å². The molecule has 0 aliphatic heterocycles. The molecule has 0 radical (unpaired) electrons. The van der Waals surface area contributed by atoms with Crippen LogP contribution in [0, 0.1) is 3.57 Å². The molecule has 1 aromatic rings. The molecule has 0 saturated heterocycles. The number of carbonyl (C=O) groups is 2. The molecule has 1 atom stereocenters. The number of Topliss-reactive ketones (excluding diaryl/α,β-unsaturated/α-hetero) is 1. The Hall–Kier alpha value is -1.11. The minimum atomic E-state index is -0.308. The molecule has 0 heterocycles. The number of carbonyl (C=O) groups excluding carboxylic acids is 2. The van der Waals surface area contributed by atoms with Crippen molar-refractivity contribution < 1.29 is 14.3 Å². The molecule has 5 heteroatoms. The van der Waals surface area contributed by atoms with E-state index in [9.17, 15) is 9.59 Å². The van der Waals surface area contributed by atoms with Crippen molar-refractivity contribution in [2.24, 2.45) is 0 Å². The summed E-state index contributed by atoms with van der Waals surface area (Å²) in [5.74, 6) is 0.537. The number of amides is 1. The van der Waals surface area contributed by atoms with Crippen LogP contribution >= 0.6 is 22.6 Å². The molecule has 0 aromatic heterocycles. The molecular weight excluding hydrogens is 345 g/mol. The van der Waals surface area contributed by atoms with Crippen molar-refractivity contribution in [1.82, 2.24) is 5.32 Å². The first-order valence-corrected chi connectivity index (χ1v) is 6.93. The van der Waals surface area contributed by atoms with Gasteiger partial charge in [-0.3, -0.25) is 9.59 Å². The number of hydrogen-bond donors (Lipinski definition) is 1. The second-order valence-corrected chi connectivity index (χ2v) is 5.47. The first-order valence-electron chi connectivity index (χ1n) is 5.85. The van der Waals surface area contributed by atoms with Gasteiger partial charge < -0.3 is 10.1 Å². The predicted molar refractivity (Wildman–Crippen MR) is 75.4 cm³/mol. The summed E-state index contributed by atoms with van der Waals surface area (Å²) in [6.07, 6.45) is 2.18. The van der Waals surface area contributed by atoms with Crippen molar-refractivity contribution >= 4 is 34.3 Å². The van der Waals surface area contributed by atoms with Crippen LogP contribution in [0.4, 0.5) is 0 Å². The van der Waals surface area contributed by atoms with Gasteiger partial charge in [0.25, 0.3) is 5.91 Å². The van der Waals surface area contributed by atoms with Crippen LogP contribution in [-0.2, 0) is 9.59 Å². The maximum absolute atomic E-state index is 11.6. The molecule has 0 bridgehead atoms. The molecule has 0 spiro atoms. The molecule has 96 valence electrons. The number of hydrogen-bond acceptors (Lipinski definition) is 3. The largest absolute Gasteiger partial charge is 0.484 e. The highest BCUT2D eigenvalue weighted by molar-refractivity contribution is 14.1. The Bertz CT molecular complexity index is 444. The van der Waals surface area contributed by atoms with Crippen LogP contribution in [0.2, 0.25) is 0 Å². The van der Waals surface area contributed by atoms with Gasteiger partial charge in [-0.25, -0.2) is 0 Å². The van der Waals surface area contributed by atoms with Gasteiger partial charge in [0.1, 0.15) is 5.75 Å². The van der Waals surface area contributed by atoms with Gasteiger partial charge in [-0.05, 0) is 59.7 Å². The van der Waals surface area contributed by atoms with Gasteiger partial charge in [-0.2, -0.15) is 0 Å². The molecule has 1 amide bonds. The van der Waals surface area contributed by atoms with Crippen molar-refractivity contribution in [3.8, 4) is 5.75 Å². The molecule has 1 fully saturated rings.